The van der Waals surface area contributed by atoms with Gasteiger partial charge in [0.2, 0.25) is 0 Å². The van der Waals surface area contributed by atoms with E-state index in [4.69, 9.17) is 4.74 Å². The minimum Gasteiger partial charge on any atom is -0.446 e. The highest BCUT2D eigenvalue weighted by Gasteiger charge is 2.37. The quantitative estimate of drug-likeness (QED) is 0.292. The van der Waals surface area contributed by atoms with Gasteiger partial charge in [0.25, 0.3) is 10.0 Å². The summed E-state index contributed by atoms with van der Waals surface area (Å²) in [5, 5.41) is 4.31. The molecule has 2 heterocycles. The van der Waals surface area contributed by atoms with Crippen molar-refractivity contribution in [3.8, 4) is 22.4 Å². The zero-order chi connectivity index (χ0) is 27.6. The van der Waals surface area contributed by atoms with Gasteiger partial charge in [0.05, 0.1) is 16.6 Å². The number of ether oxygens (including phenoxy) is 1. The molecule has 0 saturated heterocycles. The van der Waals surface area contributed by atoms with Gasteiger partial charge in [-0.1, -0.05) is 6.07 Å². The van der Waals surface area contributed by atoms with E-state index in [-0.39, 0.29) is 10.00 Å². The smallest absolute Gasteiger partial charge is 0.429 e. The second-order valence-corrected chi connectivity index (χ2v) is 10.2. The number of anilines is 1. The van der Waals surface area contributed by atoms with Crippen LogP contribution in [0.1, 0.15) is 20.8 Å². The van der Waals surface area contributed by atoms with E-state index < -0.39 is 55.8 Å². The fourth-order valence-electron chi connectivity index (χ4n) is 3.73. The Morgan fingerprint density at radius 3 is 2.42 bits per heavy atom. The van der Waals surface area contributed by atoms with Crippen molar-refractivity contribution in [3.05, 3.63) is 84.6 Å². The molecular weight excluding hydrogens is 521 g/mol. The van der Waals surface area contributed by atoms with Gasteiger partial charge < -0.3 is 4.74 Å². The monoisotopic (exact) mass is 544 g/mol. The molecule has 0 N–H and O–H groups in total. The number of carbonyl (C=O) groups excluding carboxylic acids is 1. The van der Waals surface area contributed by atoms with Gasteiger partial charge in [-0.3, -0.25) is 9.67 Å². The average molecular weight is 545 g/mol. The summed E-state index contributed by atoms with van der Waals surface area (Å²) in [5.41, 5.74) is -0.674. The largest absolute Gasteiger partial charge is 0.446 e. The van der Waals surface area contributed by atoms with Crippen LogP contribution in [0.25, 0.3) is 22.4 Å². The minimum absolute atomic E-state index is 0.0585. The summed E-state index contributed by atoms with van der Waals surface area (Å²) in [6, 6.07) is 8.73. The summed E-state index contributed by atoms with van der Waals surface area (Å²) in [5.74, 6) is -3.30. The first-order valence-corrected chi connectivity index (χ1v) is 13.0. The van der Waals surface area contributed by atoms with E-state index in [2.05, 4.69) is 10.1 Å². The number of hydrogen-bond donors (Lipinski definition) is 0. The van der Waals surface area contributed by atoms with Gasteiger partial charge in [0, 0.05) is 30.7 Å². The number of aryl methyl sites for hydroxylation is 1. The van der Waals surface area contributed by atoms with Gasteiger partial charge in [-0.25, -0.2) is 26.4 Å². The number of pyridine rings is 1. The molecule has 0 unspecified atom stereocenters. The van der Waals surface area contributed by atoms with E-state index in [9.17, 15) is 17.6 Å². The summed E-state index contributed by atoms with van der Waals surface area (Å²) < 4.78 is 78.9. The van der Waals surface area contributed by atoms with E-state index in [0.717, 1.165) is 30.3 Å². The molecular formula is C26H23F3N4O4S. The third kappa shape index (κ3) is 5.12. The Kier molecular flexibility index (Phi) is 7.53. The lowest BCUT2D eigenvalue weighted by atomic mass is 10.0. The highest BCUT2D eigenvalue weighted by atomic mass is 32.2. The molecule has 0 bridgehead atoms. The topological polar surface area (TPSA) is 94.4 Å². The van der Waals surface area contributed by atoms with Crippen molar-refractivity contribution in [3.63, 3.8) is 0 Å². The number of benzene rings is 2. The number of amides is 1. The molecule has 1 amide bonds. The normalized spacial score (nSPS) is 11.6. The van der Waals surface area contributed by atoms with Crippen LogP contribution in [-0.4, -0.2) is 35.4 Å². The maximum atomic E-state index is 16.2. The fourth-order valence-corrected chi connectivity index (χ4v) is 5.10. The number of rotatable bonds is 7. The Morgan fingerprint density at radius 2 is 1.79 bits per heavy atom. The molecule has 12 heteroatoms. The van der Waals surface area contributed by atoms with Crippen LogP contribution in [0.2, 0.25) is 0 Å². The van der Waals surface area contributed by atoms with Crippen molar-refractivity contribution in [2.24, 2.45) is 0 Å². The van der Waals surface area contributed by atoms with Crippen molar-refractivity contribution in [1.82, 2.24) is 14.8 Å². The van der Waals surface area contributed by atoms with Gasteiger partial charge in [-0.15, -0.1) is 0 Å². The third-order valence-corrected chi connectivity index (χ3v) is 7.12. The molecule has 2 aromatic carbocycles. The second kappa shape index (κ2) is 10.7. The summed E-state index contributed by atoms with van der Waals surface area (Å²) in [7, 11) is -4.90. The summed E-state index contributed by atoms with van der Waals surface area (Å²) in [6.45, 7) is 5.10. The lowest BCUT2D eigenvalue weighted by Crippen LogP contribution is -2.39. The van der Waals surface area contributed by atoms with E-state index in [1.165, 1.54) is 30.9 Å². The third-order valence-electron chi connectivity index (χ3n) is 5.44. The zero-order valence-electron chi connectivity index (χ0n) is 20.6. The van der Waals surface area contributed by atoms with E-state index in [1.807, 2.05) is 0 Å². The maximum Gasteiger partial charge on any atom is 0.429 e. The molecule has 0 aliphatic rings. The van der Waals surface area contributed by atoms with Crippen LogP contribution in [0.5, 0.6) is 0 Å². The Labute approximate surface area is 217 Å². The molecule has 0 aliphatic carbocycles. The van der Waals surface area contributed by atoms with Gasteiger partial charge in [-0.2, -0.15) is 9.40 Å². The standard InChI is InChI=1S/C26H23F3N4O4S/c1-4-32-15-20(17-10-12-30-13-11-17)25(31-32)23-21(28)8-9-22(24(23)29)33(26(34)37-16(2)3)38(35,36)19-7-5-6-18(27)14-19/h5-16H,4H2,1-3H3. The number of sulfonamides is 1. The second-order valence-electron chi connectivity index (χ2n) is 8.40. The SMILES string of the molecule is CCn1cc(-c2ccncc2)c(-c2c(F)ccc(N(C(=O)OC(C)C)S(=O)(=O)c3cccc(F)c3)c2F)n1. The fraction of sp³-hybridized carbons (Fsp3) is 0.192. The van der Waals surface area contributed by atoms with Crippen molar-refractivity contribution < 1.29 is 31.1 Å². The maximum absolute atomic E-state index is 16.2. The van der Waals surface area contributed by atoms with Crippen molar-refractivity contribution in [2.45, 2.75) is 38.3 Å². The summed E-state index contributed by atoms with van der Waals surface area (Å²) in [4.78, 5) is 16.3. The first-order chi connectivity index (χ1) is 18.0. The van der Waals surface area contributed by atoms with Gasteiger partial charge in [0.15, 0.2) is 5.82 Å². The number of aromatic nitrogens is 3. The molecule has 198 valence electrons. The van der Waals surface area contributed by atoms with Crippen molar-refractivity contribution in [1.29, 1.82) is 0 Å². The number of hydrogen-bond acceptors (Lipinski definition) is 6. The Morgan fingerprint density at radius 1 is 1.08 bits per heavy atom. The molecule has 4 aromatic rings. The lowest BCUT2D eigenvalue weighted by Gasteiger charge is -2.24. The number of carbonyl (C=O) groups is 1. The first kappa shape index (κ1) is 26.9. The Balaban J connectivity index is 1.97. The average Bonchev–Trinajstić information content (AvgIpc) is 3.30. The molecule has 8 nitrogen and oxygen atoms in total. The van der Waals surface area contributed by atoms with Crippen molar-refractivity contribution in [2.75, 3.05) is 4.31 Å². The van der Waals surface area contributed by atoms with E-state index >= 15 is 8.78 Å². The Hall–Kier alpha value is -4.19. The van der Waals surface area contributed by atoms with Crippen LogP contribution in [-0.2, 0) is 21.3 Å². The van der Waals surface area contributed by atoms with Crippen LogP contribution < -0.4 is 4.31 Å². The first-order valence-electron chi connectivity index (χ1n) is 11.5. The van der Waals surface area contributed by atoms with E-state index in [1.54, 1.807) is 25.3 Å². The number of nitrogens with zero attached hydrogens (tertiary/aromatic N) is 4. The van der Waals surface area contributed by atoms with Crippen LogP contribution >= 0.6 is 0 Å². The minimum atomic E-state index is -4.90. The number of halogens is 3. The predicted octanol–water partition coefficient (Wildman–Crippen LogP) is 5.79. The van der Waals surface area contributed by atoms with Crippen LogP contribution in [0.4, 0.5) is 23.7 Å². The molecule has 0 saturated carbocycles. The predicted molar refractivity (Wildman–Crippen MR) is 134 cm³/mol. The molecule has 0 atom stereocenters. The molecule has 38 heavy (non-hydrogen) atoms. The highest BCUT2D eigenvalue weighted by molar-refractivity contribution is 7.93. The van der Waals surface area contributed by atoms with Crippen molar-refractivity contribution >= 4 is 21.8 Å². The zero-order valence-corrected chi connectivity index (χ0v) is 21.4. The van der Waals surface area contributed by atoms with E-state index in [0.29, 0.717) is 23.7 Å². The molecule has 0 radical (unpaired) electrons. The van der Waals surface area contributed by atoms with Crippen LogP contribution in [0, 0.1) is 17.5 Å². The van der Waals surface area contributed by atoms with Gasteiger partial charge >= 0.3 is 6.09 Å². The van der Waals surface area contributed by atoms with Gasteiger partial charge in [0.1, 0.15) is 23.0 Å². The molecule has 0 spiro atoms. The van der Waals surface area contributed by atoms with Crippen LogP contribution in [0.15, 0.2) is 72.0 Å². The highest BCUT2D eigenvalue weighted by Crippen LogP contribution is 2.39. The Bertz CT molecular complexity index is 1590. The molecule has 0 fully saturated rings. The summed E-state index contributed by atoms with van der Waals surface area (Å²) >= 11 is 0. The lowest BCUT2D eigenvalue weighted by molar-refractivity contribution is 0.126. The van der Waals surface area contributed by atoms with Gasteiger partial charge in [-0.05, 0) is 68.8 Å². The molecule has 4 rings (SSSR count). The van der Waals surface area contributed by atoms with Crippen LogP contribution in [0.3, 0.4) is 0 Å². The molecule has 2 aromatic heterocycles. The summed E-state index contributed by atoms with van der Waals surface area (Å²) in [6.07, 6.45) is 2.36. The molecule has 0 aliphatic heterocycles.